The molecule has 6 nitrogen and oxygen atoms in total. The van der Waals surface area contributed by atoms with Gasteiger partial charge in [-0.25, -0.2) is 8.42 Å². The number of hydrogen-bond acceptors (Lipinski definition) is 5. The zero-order chi connectivity index (χ0) is 16.6. The number of sulfonamides is 1. The first-order chi connectivity index (χ1) is 10.9. The summed E-state index contributed by atoms with van der Waals surface area (Å²) in [5.41, 5.74) is 1.16. The fourth-order valence-corrected chi connectivity index (χ4v) is 5.00. The second-order valence-electron chi connectivity index (χ2n) is 5.19. The summed E-state index contributed by atoms with van der Waals surface area (Å²) in [4.78, 5) is 2.04. The Balaban J connectivity index is 2.04. The summed E-state index contributed by atoms with van der Waals surface area (Å²) in [7, 11) is -1.83. The van der Waals surface area contributed by atoms with Crippen molar-refractivity contribution < 1.29 is 8.42 Å². The van der Waals surface area contributed by atoms with Gasteiger partial charge < -0.3 is 4.57 Å². The van der Waals surface area contributed by atoms with Crippen LogP contribution in [0.15, 0.2) is 41.6 Å². The molecule has 0 atom stereocenters. The minimum atomic E-state index is -3.65. The molecule has 0 fully saturated rings. The standard InChI is InChI=1S/C15H16N4O2S2/c1-10-8-14(11(2)22-10)23(20,21)18-13-7-5-4-6-12(13)15-17-16-9-19(15)3/h4-9,18H,1-3H3. The number of aryl methyl sites for hydroxylation is 3. The quantitative estimate of drug-likeness (QED) is 0.786. The number of benzene rings is 1. The van der Waals surface area contributed by atoms with E-state index in [2.05, 4.69) is 14.9 Å². The van der Waals surface area contributed by atoms with Crippen LogP contribution in [-0.4, -0.2) is 23.2 Å². The molecule has 0 aliphatic rings. The lowest BCUT2D eigenvalue weighted by atomic mass is 10.2. The molecule has 0 saturated carbocycles. The average molecular weight is 348 g/mol. The molecular formula is C15H16N4O2S2. The van der Waals surface area contributed by atoms with E-state index in [4.69, 9.17) is 0 Å². The van der Waals surface area contributed by atoms with Crippen molar-refractivity contribution in [3.05, 3.63) is 46.4 Å². The van der Waals surface area contributed by atoms with Crippen LogP contribution in [0, 0.1) is 13.8 Å². The SMILES string of the molecule is Cc1cc(S(=O)(=O)Nc2ccccc2-c2nncn2C)c(C)s1. The van der Waals surface area contributed by atoms with E-state index in [1.54, 1.807) is 36.0 Å². The van der Waals surface area contributed by atoms with Crippen molar-refractivity contribution in [2.24, 2.45) is 7.05 Å². The number of para-hydroxylation sites is 1. The van der Waals surface area contributed by atoms with Gasteiger partial charge in [0.15, 0.2) is 5.82 Å². The lowest BCUT2D eigenvalue weighted by Gasteiger charge is -2.12. The van der Waals surface area contributed by atoms with Gasteiger partial charge in [-0.3, -0.25) is 4.72 Å². The Bertz CT molecular complexity index is 958. The highest BCUT2D eigenvalue weighted by molar-refractivity contribution is 7.93. The summed E-state index contributed by atoms with van der Waals surface area (Å²) in [6.45, 7) is 3.70. The van der Waals surface area contributed by atoms with Crippen molar-refractivity contribution >= 4 is 27.0 Å². The van der Waals surface area contributed by atoms with Crippen LogP contribution in [0.5, 0.6) is 0 Å². The Labute approximate surface area is 138 Å². The van der Waals surface area contributed by atoms with Crippen LogP contribution in [0.3, 0.4) is 0 Å². The molecule has 2 aromatic heterocycles. The number of thiophene rings is 1. The van der Waals surface area contributed by atoms with Gasteiger partial charge in [-0.15, -0.1) is 21.5 Å². The van der Waals surface area contributed by atoms with E-state index in [0.717, 1.165) is 9.75 Å². The molecule has 23 heavy (non-hydrogen) atoms. The maximum absolute atomic E-state index is 12.7. The molecule has 1 N–H and O–H groups in total. The van der Waals surface area contributed by atoms with Crippen LogP contribution in [0.2, 0.25) is 0 Å². The number of nitrogens with zero attached hydrogens (tertiary/aromatic N) is 3. The van der Waals surface area contributed by atoms with Crippen molar-refractivity contribution in [2.75, 3.05) is 4.72 Å². The van der Waals surface area contributed by atoms with E-state index >= 15 is 0 Å². The Hall–Kier alpha value is -2.19. The molecule has 0 unspecified atom stereocenters. The van der Waals surface area contributed by atoms with Crippen molar-refractivity contribution in [3.8, 4) is 11.4 Å². The topological polar surface area (TPSA) is 76.9 Å². The zero-order valence-electron chi connectivity index (χ0n) is 12.9. The van der Waals surface area contributed by atoms with Gasteiger partial charge in [0, 0.05) is 22.4 Å². The Kier molecular flexibility index (Phi) is 3.95. The molecule has 3 rings (SSSR count). The van der Waals surface area contributed by atoms with Gasteiger partial charge >= 0.3 is 0 Å². The predicted molar refractivity (Wildman–Crippen MR) is 91.0 cm³/mol. The van der Waals surface area contributed by atoms with Gasteiger partial charge in [-0.05, 0) is 32.0 Å². The van der Waals surface area contributed by atoms with Gasteiger partial charge in [0.05, 0.1) is 5.69 Å². The number of hydrogen-bond donors (Lipinski definition) is 1. The van der Waals surface area contributed by atoms with Crippen LogP contribution in [0.4, 0.5) is 5.69 Å². The van der Waals surface area contributed by atoms with E-state index in [1.807, 2.05) is 26.1 Å². The highest BCUT2D eigenvalue weighted by Gasteiger charge is 2.21. The molecule has 0 saturated heterocycles. The molecule has 0 bridgehead atoms. The molecule has 2 heterocycles. The largest absolute Gasteiger partial charge is 0.317 e. The summed E-state index contributed by atoms with van der Waals surface area (Å²) in [6.07, 6.45) is 1.58. The van der Waals surface area contributed by atoms with Crippen molar-refractivity contribution in [2.45, 2.75) is 18.7 Å². The van der Waals surface area contributed by atoms with Gasteiger partial charge in [0.2, 0.25) is 0 Å². The first-order valence-corrected chi connectivity index (χ1v) is 9.22. The Morgan fingerprint density at radius 2 is 1.96 bits per heavy atom. The molecule has 3 aromatic rings. The lowest BCUT2D eigenvalue weighted by Crippen LogP contribution is -2.14. The fourth-order valence-electron chi connectivity index (χ4n) is 2.37. The molecule has 120 valence electrons. The smallest absolute Gasteiger partial charge is 0.263 e. The molecule has 0 radical (unpaired) electrons. The third kappa shape index (κ3) is 2.99. The molecule has 1 aromatic carbocycles. The van der Waals surface area contributed by atoms with E-state index < -0.39 is 10.0 Å². The molecule has 8 heteroatoms. The van der Waals surface area contributed by atoms with Crippen molar-refractivity contribution in [1.29, 1.82) is 0 Å². The highest BCUT2D eigenvalue weighted by atomic mass is 32.2. The van der Waals surface area contributed by atoms with Crippen molar-refractivity contribution in [1.82, 2.24) is 14.8 Å². The van der Waals surface area contributed by atoms with E-state index in [-0.39, 0.29) is 0 Å². The highest BCUT2D eigenvalue weighted by Crippen LogP contribution is 2.30. The van der Waals surface area contributed by atoms with Gasteiger partial charge in [-0.1, -0.05) is 12.1 Å². The third-order valence-electron chi connectivity index (χ3n) is 3.41. The second-order valence-corrected chi connectivity index (χ2v) is 8.31. The lowest BCUT2D eigenvalue weighted by molar-refractivity contribution is 0.601. The number of anilines is 1. The first-order valence-electron chi connectivity index (χ1n) is 6.92. The van der Waals surface area contributed by atoms with Crippen molar-refractivity contribution in [3.63, 3.8) is 0 Å². The summed E-state index contributed by atoms with van der Waals surface area (Å²) in [6, 6.07) is 8.84. The van der Waals surface area contributed by atoms with E-state index in [1.165, 1.54) is 11.3 Å². The first kappa shape index (κ1) is 15.7. The average Bonchev–Trinajstić information content (AvgIpc) is 3.05. The Morgan fingerprint density at radius 3 is 2.57 bits per heavy atom. The normalized spacial score (nSPS) is 11.6. The van der Waals surface area contributed by atoms with E-state index in [0.29, 0.717) is 22.0 Å². The van der Waals surface area contributed by atoms with Gasteiger partial charge in [-0.2, -0.15) is 0 Å². The summed E-state index contributed by atoms with van der Waals surface area (Å²) in [5, 5.41) is 7.90. The minimum Gasteiger partial charge on any atom is -0.317 e. The summed E-state index contributed by atoms with van der Waals surface area (Å²) < 4.78 is 29.8. The minimum absolute atomic E-state index is 0.313. The number of aromatic nitrogens is 3. The third-order valence-corrected chi connectivity index (χ3v) is 6.00. The zero-order valence-corrected chi connectivity index (χ0v) is 14.6. The van der Waals surface area contributed by atoms with Crippen LogP contribution in [0.1, 0.15) is 9.75 Å². The summed E-state index contributed by atoms with van der Waals surface area (Å²) >= 11 is 1.47. The van der Waals surface area contributed by atoms with Crippen LogP contribution in [-0.2, 0) is 17.1 Å². The number of rotatable bonds is 4. The maximum atomic E-state index is 12.7. The molecule has 0 spiro atoms. The molecular weight excluding hydrogens is 332 g/mol. The monoisotopic (exact) mass is 348 g/mol. The molecule has 0 aliphatic heterocycles. The Morgan fingerprint density at radius 1 is 1.22 bits per heavy atom. The predicted octanol–water partition coefficient (Wildman–Crippen LogP) is 2.96. The van der Waals surface area contributed by atoms with Crippen LogP contribution < -0.4 is 4.72 Å². The van der Waals surface area contributed by atoms with Gasteiger partial charge in [0.1, 0.15) is 11.2 Å². The number of nitrogens with one attached hydrogen (secondary N) is 1. The fraction of sp³-hybridized carbons (Fsp3) is 0.200. The van der Waals surface area contributed by atoms with Crippen LogP contribution >= 0.6 is 11.3 Å². The van der Waals surface area contributed by atoms with Crippen LogP contribution in [0.25, 0.3) is 11.4 Å². The second kappa shape index (κ2) is 5.78. The van der Waals surface area contributed by atoms with Gasteiger partial charge in [0.25, 0.3) is 10.0 Å². The summed E-state index contributed by atoms with van der Waals surface area (Å²) in [5.74, 6) is 0.599. The molecule has 0 aliphatic carbocycles. The maximum Gasteiger partial charge on any atom is 0.263 e. The van der Waals surface area contributed by atoms with E-state index in [9.17, 15) is 8.42 Å². The molecule has 0 amide bonds.